The molecule has 0 aliphatic carbocycles. The van der Waals surface area contributed by atoms with Crippen LogP contribution in [-0.2, 0) is 17.8 Å². The monoisotopic (exact) mass is 472 g/mol. The Morgan fingerprint density at radius 3 is 2.77 bits per heavy atom. The molecule has 0 bridgehead atoms. The van der Waals surface area contributed by atoms with E-state index in [2.05, 4.69) is 57.5 Å². The molecule has 2 aromatic heterocycles. The number of hydrogen-bond acceptors (Lipinski definition) is 6. The number of hydrogen-bond donors (Lipinski definition) is 1. The van der Waals surface area contributed by atoms with Crippen LogP contribution < -0.4 is 5.56 Å². The molecule has 2 atom stereocenters. The minimum atomic E-state index is -0.412. The summed E-state index contributed by atoms with van der Waals surface area (Å²) >= 11 is 0. The van der Waals surface area contributed by atoms with Gasteiger partial charge in [-0.15, -0.1) is 5.10 Å². The van der Waals surface area contributed by atoms with Gasteiger partial charge in [-0.1, -0.05) is 43.3 Å². The van der Waals surface area contributed by atoms with Crippen LogP contribution in [0.4, 0.5) is 0 Å². The topological polar surface area (TPSA) is 88.9 Å². The fourth-order valence-electron chi connectivity index (χ4n) is 5.11. The van der Waals surface area contributed by atoms with Crippen LogP contribution in [0.15, 0.2) is 53.3 Å². The fourth-order valence-corrected chi connectivity index (χ4v) is 5.11. The van der Waals surface area contributed by atoms with Gasteiger partial charge in [0.1, 0.15) is 6.04 Å². The van der Waals surface area contributed by atoms with Crippen molar-refractivity contribution in [1.82, 2.24) is 30.1 Å². The van der Waals surface area contributed by atoms with Crippen molar-refractivity contribution in [3.8, 4) is 0 Å². The first kappa shape index (κ1) is 23.4. The van der Waals surface area contributed by atoms with Crippen molar-refractivity contribution in [2.75, 3.05) is 13.2 Å². The van der Waals surface area contributed by atoms with Gasteiger partial charge in [-0.3, -0.25) is 9.69 Å². The molecule has 182 valence electrons. The quantitative estimate of drug-likeness (QED) is 0.418. The van der Waals surface area contributed by atoms with Gasteiger partial charge in [-0.05, 0) is 72.5 Å². The number of nitrogens with one attached hydrogen (secondary N) is 1. The molecule has 4 aromatic rings. The van der Waals surface area contributed by atoms with Crippen molar-refractivity contribution in [1.29, 1.82) is 0 Å². The second kappa shape index (κ2) is 10.1. The summed E-state index contributed by atoms with van der Waals surface area (Å²) < 4.78 is 7.68. The lowest BCUT2D eigenvalue weighted by molar-refractivity contribution is 0.0907. The van der Waals surface area contributed by atoms with Crippen LogP contribution in [0.5, 0.6) is 0 Å². The molecule has 1 aliphatic rings. The molecule has 8 heteroatoms. The molecular formula is C27H32N6O2. The Morgan fingerprint density at radius 2 is 2.03 bits per heavy atom. The van der Waals surface area contributed by atoms with E-state index in [1.165, 1.54) is 5.56 Å². The van der Waals surface area contributed by atoms with Crippen molar-refractivity contribution in [2.45, 2.75) is 58.8 Å². The van der Waals surface area contributed by atoms with Crippen molar-refractivity contribution in [3.63, 3.8) is 0 Å². The predicted molar refractivity (Wildman–Crippen MR) is 135 cm³/mol. The Morgan fingerprint density at radius 1 is 1.20 bits per heavy atom. The number of rotatable bonds is 8. The van der Waals surface area contributed by atoms with Gasteiger partial charge in [0.2, 0.25) is 0 Å². The Labute approximate surface area is 204 Å². The number of aromatic nitrogens is 5. The lowest BCUT2D eigenvalue weighted by atomic mass is 9.99. The fraction of sp³-hybridized carbons (Fsp3) is 0.407. The Hall–Kier alpha value is -3.36. The molecule has 0 saturated carbocycles. The van der Waals surface area contributed by atoms with Gasteiger partial charge in [0.25, 0.3) is 5.56 Å². The van der Waals surface area contributed by atoms with Gasteiger partial charge in [0.15, 0.2) is 5.82 Å². The zero-order valence-corrected chi connectivity index (χ0v) is 20.6. The Balaban J connectivity index is 1.64. The number of nitrogens with zero attached hydrogens (tertiary/aromatic N) is 5. The lowest BCUT2D eigenvalue weighted by Gasteiger charge is -2.30. The average Bonchev–Trinajstić information content (AvgIpc) is 3.52. The second-order valence-corrected chi connectivity index (χ2v) is 9.40. The van der Waals surface area contributed by atoms with E-state index in [0.29, 0.717) is 24.5 Å². The number of pyridine rings is 1. The number of H-pyrrole nitrogens is 1. The van der Waals surface area contributed by atoms with Gasteiger partial charge in [-0.2, -0.15) is 0 Å². The molecule has 1 fully saturated rings. The van der Waals surface area contributed by atoms with E-state index in [-0.39, 0.29) is 11.7 Å². The average molecular weight is 473 g/mol. The molecule has 0 amide bonds. The Bertz CT molecular complexity index is 1360. The van der Waals surface area contributed by atoms with E-state index in [9.17, 15) is 4.79 Å². The van der Waals surface area contributed by atoms with E-state index in [4.69, 9.17) is 4.74 Å². The summed E-state index contributed by atoms with van der Waals surface area (Å²) in [6, 6.07) is 16.1. The van der Waals surface area contributed by atoms with Crippen molar-refractivity contribution in [3.05, 3.63) is 87.0 Å². The van der Waals surface area contributed by atoms with Crippen LogP contribution in [0.3, 0.4) is 0 Å². The second-order valence-electron chi connectivity index (χ2n) is 9.40. The predicted octanol–water partition coefficient (Wildman–Crippen LogP) is 3.92. The first-order chi connectivity index (χ1) is 17.0. The van der Waals surface area contributed by atoms with Crippen molar-refractivity contribution >= 4 is 10.9 Å². The van der Waals surface area contributed by atoms with Crippen LogP contribution in [-0.4, -0.2) is 49.3 Å². The highest BCUT2D eigenvalue weighted by atomic mass is 16.5. The lowest BCUT2D eigenvalue weighted by Crippen LogP contribution is -2.35. The third kappa shape index (κ3) is 4.90. The zero-order valence-electron chi connectivity index (χ0n) is 20.6. The van der Waals surface area contributed by atoms with E-state index >= 15 is 0 Å². The maximum Gasteiger partial charge on any atom is 0.253 e. The SMILES string of the molecule is CCN(Cc1ccccc1)[C@H](c1cc2c(C)cc(C)cc2[nH]c1=O)c1nnnn1C[C@@H]1CCCO1. The molecular weight excluding hydrogens is 440 g/mol. The molecule has 3 heterocycles. The van der Waals surface area contributed by atoms with Gasteiger partial charge in [-0.25, -0.2) is 4.68 Å². The number of benzene rings is 2. The number of tetrazole rings is 1. The summed E-state index contributed by atoms with van der Waals surface area (Å²) in [5.41, 5.74) is 4.79. The smallest absolute Gasteiger partial charge is 0.253 e. The Kier molecular flexibility index (Phi) is 6.74. The summed E-state index contributed by atoms with van der Waals surface area (Å²) in [5, 5.41) is 13.8. The van der Waals surface area contributed by atoms with Gasteiger partial charge in [0.05, 0.1) is 12.6 Å². The van der Waals surface area contributed by atoms with E-state index in [0.717, 1.165) is 48.0 Å². The molecule has 5 rings (SSSR count). The summed E-state index contributed by atoms with van der Waals surface area (Å²) in [6.07, 6.45) is 2.12. The summed E-state index contributed by atoms with van der Waals surface area (Å²) in [5.74, 6) is 0.660. The van der Waals surface area contributed by atoms with Crippen molar-refractivity contribution in [2.24, 2.45) is 0 Å². The highest BCUT2D eigenvalue weighted by Gasteiger charge is 2.31. The van der Waals surface area contributed by atoms with Crippen molar-refractivity contribution < 1.29 is 4.74 Å². The third-order valence-electron chi connectivity index (χ3n) is 6.84. The van der Waals surface area contributed by atoms with Crippen LogP contribution in [0.25, 0.3) is 10.9 Å². The summed E-state index contributed by atoms with van der Waals surface area (Å²) in [7, 11) is 0. The molecule has 1 N–H and O–H groups in total. The zero-order chi connectivity index (χ0) is 24.4. The molecule has 0 spiro atoms. The molecule has 8 nitrogen and oxygen atoms in total. The molecule has 1 saturated heterocycles. The molecule has 35 heavy (non-hydrogen) atoms. The summed E-state index contributed by atoms with van der Waals surface area (Å²) in [6.45, 7) is 8.95. The maximum absolute atomic E-state index is 13.5. The molecule has 2 aromatic carbocycles. The maximum atomic E-state index is 13.5. The van der Waals surface area contributed by atoms with Gasteiger partial charge in [0, 0.05) is 29.6 Å². The van der Waals surface area contributed by atoms with Gasteiger partial charge >= 0.3 is 0 Å². The number of ether oxygens (including phenoxy) is 1. The van der Waals surface area contributed by atoms with E-state index in [1.54, 1.807) is 0 Å². The largest absolute Gasteiger partial charge is 0.376 e. The molecule has 0 radical (unpaired) electrons. The third-order valence-corrected chi connectivity index (χ3v) is 6.84. The van der Waals surface area contributed by atoms with Crippen LogP contribution in [0.1, 0.15) is 53.9 Å². The number of aromatic amines is 1. The highest BCUT2D eigenvalue weighted by Crippen LogP contribution is 2.30. The first-order valence-corrected chi connectivity index (χ1v) is 12.3. The minimum Gasteiger partial charge on any atom is -0.376 e. The highest BCUT2D eigenvalue weighted by molar-refractivity contribution is 5.83. The molecule has 1 aliphatic heterocycles. The normalized spacial score (nSPS) is 16.9. The van der Waals surface area contributed by atoms with Crippen LogP contribution in [0, 0.1) is 13.8 Å². The van der Waals surface area contributed by atoms with Crippen LogP contribution >= 0.6 is 0 Å². The number of fused-ring (bicyclic) bond motifs is 1. The first-order valence-electron chi connectivity index (χ1n) is 12.3. The molecule has 0 unspecified atom stereocenters. The van der Waals surface area contributed by atoms with Gasteiger partial charge < -0.3 is 9.72 Å². The standard InChI is InChI=1S/C27H32N6O2/c1-4-32(16-20-9-6-5-7-10-20)25(26-29-30-31-33(26)17-21-11-8-12-35-21)23-15-22-19(3)13-18(2)14-24(22)28-27(23)34/h5-7,9-10,13-15,21,25H,4,8,11-12,16-17H2,1-3H3,(H,28,34)/t21-,25+/m0/s1. The van der Waals surface area contributed by atoms with E-state index < -0.39 is 6.04 Å². The summed E-state index contributed by atoms with van der Waals surface area (Å²) in [4.78, 5) is 18.9. The number of aryl methyl sites for hydroxylation is 2. The minimum absolute atomic E-state index is 0.0854. The van der Waals surface area contributed by atoms with Crippen LogP contribution in [0.2, 0.25) is 0 Å². The van der Waals surface area contributed by atoms with E-state index in [1.807, 2.05) is 41.9 Å².